The van der Waals surface area contributed by atoms with Crippen molar-refractivity contribution in [3.8, 4) is 0 Å². The third-order valence-electron chi connectivity index (χ3n) is 4.07. The third kappa shape index (κ3) is 3.34. The molecule has 1 aliphatic carbocycles. The first-order chi connectivity index (χ1) is 9.24. The van der Waals surface area contributed by atoms with Crippen molar-refractivity contribution in [2.75, 3.05) is 0 Å². The van der Waals surface area contributed by atoms with Crippen LogP contribution in [-0.4, -0.2) is 5.78 Å². The summed E-state index contributed by atoms with van der Waals surface area (Å²) in [5, 5.41) is 0. The van der Waals surface area contributed by atoms with Gasteiger partial charge in [0, 0.05) is 11.5 Å². The summed E-state index contributed by atoms with van der Waals surface area (Å²) < 4.78 is 0. The second kappa shape index (κ2) is 6.70. The molecule has 0 aromatic heterocycles. The van der Waals surface area contributed by atoms with Crippen molar-refractivity contribution in [3.05, 3.63) is 41.5 Å². The molecule has 0 amide bonds. The summed E-state index contributed by atoms with van der Waals surface area (Å²) in [6.45, 7) is 4.34. The fourth-order valence-electron chi connectivity index (χ4n) is 3.02. The second-order valence-electron chi connectivity index (χ2n) is 5.64. The van der Waals surface area contributed by atoms with E-state index in [0.717, 1.165) is 24.0 Å². The average Bonchev–Trinajstić information content (AvgIpc) is 2.71. The minimum atomic E-state index is 0.243. The van der Waals surface area contributed by atoms with Crippen LogP contribution in [0.15, 0.2) is 35.9 Å². The number of carbonyl (C=O) groups is 1. The lowest BCUT2D eigenvalue weighted by Crippen LogP contribution is -2.09. The first kappa shape index (κ1) is 14.0. The Labute approximate surface area is 116 Å². The van der Waals surface area contributed by atoms with Gasteiger partial charge in [-0.15, -0.1) is 0 Å². The molecular formula is C18H24O. The van der Waals surface area contributed by atoms with Gasteiger partial charge in [-0.25, -0.2) is 0 Å². The molecule has 0 aliphatic heterocycles. The molecule has 0 bridgehead atoms. The van der Waals surface area contributed by atoms with Crippen LogP contribution in [0.1, 0.15) is 57.9 Å². The van der Waals surface area contributed by atoms with Crippen molar-refractivity contribution in [3.63, 3.8) is 0 Å². The highest BCUT2D eigenvalue weighted by atomic mass is 16.1. The molecule has 1 heteroatoms. The van der Waals surface area contributed by atoms with Crippen LogP contribution in [0, 0.1) is 5.92 Å². The first-order valence-electron chi connectivity index (χ1n) is 7.53. The zero-order chi connectivity index (χ0) is 13.7. The molecular weight excluding hydrogens is 232 g/mol. The van der Waals surface area contributed by atoms with Gasteiger partial charge in [-0.05, 0) is 25.3 Å². The highest BCUT2D eigenvalue weighted by molar-refractivity contribution is 6.24. The van der Waals surface area contributed by atoms with E-state index in [1.165, 1.54) is 31.3 Å². The molecule has 1 aromatic carbocycles. The van der Waals surface area contributed by atoms with Gasteiger partial charge in [0.1, 0.15) is 0 Å². The topological polar surface area (TPSA) is 17.1 Å². The molecule has 0 radical (unpaired) electrons. The number of rotatable bonds is 6. The van der Waals surface area contributed by atoms with Gasteiger partial charge in [0.25, 0.3) is 0 Å². The zero-order valence-corrected chi connectivity index (χ0v) is 12.1. The van der Waals surface area contributed by atoms with Crippen molar-refractivity contribution in [1.82, 2.24) is 0 Å². The Balaban J connectivity index is 1.99. The van der Waals surface area contributed by atoms with Gasteiger partial charge in [-0.1, -0.05) is 68.5 Å². The Morgan fingerprint density at radius 1 is 1.11 bits per heavy atom. The maximum atomic E-state index is 12.5. The number of unbranched alkanes of at least 4 members (excludes halogenated alkanes) is 3. The van der Waals surface area contributed by atoms with Crippen LogP contribution in [-0.2, 0) is 4.79 Å². The van der Waals surface area contributed by atoms with Crippen LogP contribution in [0.25, 0.3) is 5.57 Å². The normalized spacial score (nSPS) is 19.3. The maximum absolute atomic E-state index is 12.5. The standard InChI is InChI=1S/C18H24O/c1-3-4-5-7-12-16-13-14(2)17(18(16)19)15-10-8-6-9-11-15/h6,8-11,16H,3-5,7,12-13H2,1-2H3. The maximum Gasteiger partial charge on any atom is 0.166 e. The minimum absolute atomic E-state index is 0.243. The highest BCUT2D eigenvalue weighted by Gasteiger charge is 2.30. The Hall–Kier alpha value is -1.37. The average molecular weight is 256 g/mol. The Morgan fingerprint density at radius 2 is 1.84 bits per heavy atom. The van der Waals surface area contributed by atoms with Crippen molar-refractivity contribution in [2.45, 2.75) is 52.4 Å². The second-order valence-corrected chi connectivity index (χ2v) is 5.64. The fraction of sp³-hybridized carbons (Fsp3) is 0.500. The molecule has 1 unspecified atom stereocenters. The SMILES string of the molecule is CCCCCCC1CC(C)=C(c2ccccc2)C1=O. The number of allylic oxidation sites excluding steroid dienone is 2. The van der Waals surface area contributed by atoms with E-state index in [1.54, 1.807) is 0 Å². The summed E-state index contributed by atoms with van der Waals surface area (Å²) in [5.74, 6) is 0.618. The largest absolute Gasteiger partial charge is 0.294 e. The van der Waals surface area contributed by atoms with Crippen LogP contribution in [0.4, 0.5) is 0 Å². The molecule has 0 N–H and O–H groups in total. The molecule has 0 heterocycles. The van der Waals surface area contributed by atoms with Crippen molar-refractivity contribution in [1.29, 1.82) is 0 Å². The molecule has 0 saturated carbocycles. The van der Waals surface area contributed by atoms with Gasteiger partial charge in [0.2, 0.25) is 0 Å². The number of hydrogen-bond acceptors (Lipinski definition) is 1. The van der Waals surface area contributed by atoms with E-state index in [1.807, 2.05) is 18.2 Å². The Kier molecular flexibility index (Phi) is 4.95. The lowest BCUT2D eigenvalue weighted by atomic mass is 9.94. The predicted octanol–water partition coefficient (Wildman–Crippen LogP) is 5.02. The van der Waals surface area contributed by atoms with Gasteiger partial charge in [0.05, 0.1) is 0 Å². The van der Waals surface area contributed by atoms with E-state index in [9.17, 15) is 4.79 Å². The summed E-state index contributed by atoms with van der Waals surface area (Å²) in [5.41, 5.74) is 3.36. The lowest BCUT2D eigenvalue weighted by Gasteiger charge is -2.09. The van der Waals surface area contributed by atoms with E-state index < -0.39 is 0 Å². The highest BCUT2D eigenvalue weighted by Crippen LogP contribution is 2.36. The van der Waals surface area contributed by atoms with Gasteiger partial charge in [-0.3, -0.25) is 4.79 Å². The molecule has 0 saturated heterocycles. The van der Waals surface area contributed by atoms with Crippen LogP contribution in [0.5, 0.6) is 0 Å². The summed E-state index contributed by atoms with van der Waals surface area (Å²) in [6.07, 6.45) is 7.03. The molecule has 1 aliphatic rings. The predicted molar refractivity (Wildman–Crippen MR) is 80.9 cm³/mol. The van der Waals surface area contributed by atoms with E-state index in [4.69, 9.17) is 0 Å². The molecule has 1 aromatic rings. The summed E-state index contributed by atoms with van der Waals surface area (Å²) in [6, 6.07) is 10.1. The van der Waals surface area contributed by atoms with Crippen LogP contribution >= 0.6 is 0 Å². The van der Waals surface area contributed by atoms with Gasteiger partial charge >= 0.3 is 0 Å². The van der Waals surface area contributed by atoms with Crippen LogP contribution < -0.4 is 0 Å². The van der Waals surface area contributed by atoms with Crippen molar-refractivity contribution < 1.29 is 4.79 Å². The smallest absolute Gasteiger partial charge is 0.166 e. The van der Waals surface area contributed by atoms with Crippen LogP contribution in [0.2, 0.25) is 0 Å². The quantitative estimate of drug-likeness (QED) is 0.653. The molecule has 1 atom stereocenters. The molecule has 1 nitrogen and oxygen atoms in total. The zero-order valence-electron chi connectivity index (χ0n) is 12.1. The monoisotopic (exact) mass is 256 g/mol. The minimum Gasteiger partial charge on any atom is -0.294 e. The molecule has 2 rings (SSSR count). The number of ketones is 1. The van der Waals surface area contributed by atoms with Gasteiger partial charge in [0.15, 0.2) is 5.78 Å². The van der Waals surface area contributed by atoms with Crippen LogP contribution in [0.3, 0.4) is 0 Å². The Morgan fingerprint density at radius 3 is 2.53 bits per heavy atom. The number of benzene rings is 1. The molecule has 19 heavy (non-hydrogen) atoms. The Bertz CT molecular complexity index is 456. The lowest BCUT2D eigenvalue weighted by molar-refractivity contribution is -0.116. The third-order valence-corrected chi connectivity index (χ3v) is 4.07. The van der Waals surface area contributed by atoms with E-state index >= 15 is 0 Å². The van der Waals surface area contributed by atoms with Gasteiger partial charge < -0.3 is 0 Å². The molecule has 102 valence electrons. The van der Waals surface area contributed by atoms with E-state index in [2.05, 4.69) is 26.0 Å². The molecule has 0 spiro atoms. The fourth-order valence-corrected chi connectivity index (χ4v) is 3.02. The van der Waals surface area contributed by atoms with E-state index in [0.29, 0.717) is 5.78 Å². The number of hydrogen-bond donors (Lipinski definition) is 0. The van der Waals surface area contributed by atoms with Gasteiger partial charge in [-0.2, -0.15) is 0 Å². The number of carbonyl (C=O) groups excluding carboxylic acids is 1. The summed E-state index contributed by atoms with van der Waals surface area (Å²) >= 11 is 0. The summed E-state index contributed by atoms with van der Waals surface area (Å²) in [7, 11) is 0. The first-order valence-corrected chi connectivity index (χ1v) is 7.53. The summed E-state index contributed by atoms with van der Waals surface area (Å²) in [4.78, 5) is 12.5. The van der Waals surface area contributed by atoms with Crippen molar-refractivity contribution >= 4 is 11.4 Å². The van der Waals surface area contributed by atoms with Crippen molar-refractivity contribution in [2.24, 2.45) is 5.92 Å². The molecule has 0 fully saturated rings. The van der Waals surface area contributed by atoms with E-state index in [-0.39, 0.29) is 5.92 Å². The number of Topliss-reactive ketones (excluding diaryl/α,β-unsaturated/α-hetero) is 1.